The van der Waals surface area contributed by atoms with Gasteiger partial charge in [0.2, 0.25) is 0 Å². The SMILES string of the molecule is COc1cc(C#N)cc(OCc2ccc(CCC(=O)O)c(C(=O)NC(CC(C)C)c3cc(C)cc(C)c3)c2)c1. The predicted octanol–water partition coefficient (Wildman–Crippen LogP) is 6.30. The summed E-state index contributed by atoms with van der Waals surface area (Å²) < 4.78 is 11.2. The van der Waals surface area contributed by atoms with Crippen LogP contribution in [0, 0.1) is 31.1 Å². The monoisotopic (exact) mass is 528 g/mol. The van der Waals surface area contributed by atoms with Gasteiger partial charge in [0.05, 0.1) is 24.8 Å². The lowest BCUT2D eigenvalue weighted by Gasteiger charge is -2.23. The zero-order chi connectivity index (χ0) is 28.5. The molecular weight excluding hydrogens is 492 g/mol. The number of nitriles is 1. The van der Waals surface area contributed by atoms with Crippen LogP contribution in [0.3, 0.4) is 0 Å². The van der Waals surface area contributed by atoms with Crippen molar-refractivity contribution in [1.82, 2.24) is 5.32 Å². The molecule has 0 saturated heterocycles. The minimum Gasteiger partial charge on any atom is -0.497 e. The number of aliphatic carboxylic acids is 1. The second-order valence-electron chi connectivity index (χ2n) is 10.3. The third-order valence-corrected chi connectivity index (χ3v) is 6.34. The molecule has 7 nitrogen and oxygen atoms in total. The minimum absolute atomic E-state index is 0.0800. The highest BCUT2D eigenvalue weighted by molar-refractivity contribution is 5.96. The lowest BCUT2D eigenvalue weighted by molar-refractivity contribution is -0.136. The molecule has 1 unspecified atom stereocenters. The number of hydrogen-bond donors (Lipinski definition) is 2. The number of nitrogens with zero attached hydrogens (tertiary/aromatic N) is 1. The molecule has 1 amide bonds. The van der Waals surface area contributed by atoms with Crippen molar-refractivity contribution < 1.29 is 24.2 Å². The minimum atomic E-state index is -0.923. The van der Waals surface area contributed by atoms with Gasteiger partial charge in [-0.1, -0.05) is 55.3 Å². The van der Waals surface area contributed by atoms with Crippen LogP contribution in [0.2, 0.25) is 0 Å². The molecule has 1 atom stereocenters. The number of nitrogens with one attached hydrogen (secondary N) is 1. The maximum atomic E-state index is 13.7. The highest BCUT2D eigenvalue weighted by Crippen LogP contribution is 2.26. The lowest BCUT2D eigenvalue weighted by Crippen LogP contribution is -2.30. The summed E-state index contributed by atoms with van der Waals surface area (Å²) >= 11 is 0. The zero-order valence-electron chi connectivity index (χ0n) is 23.2. The normalized spacial score (nSPS) is 11.5. The van der Waals surface area contributed by atoms with Gasteiger partial charge >= 0.3 is 5.97 Å². The lowest BCUT2D eigenvalue weighted by atomic mass is 9.93. The van der Waals surface area contributed by atoms with E-state index in [1.165, 1.54) is 7.11 Å². The van der Waals surface area contributed by atoms with E-state index in [2.05, 4.69) is 43.4 Å². The third-order valence-electron chi connectivity index (χ3n) is 6.34. The van der Waals surface area contributed by atoms with Crippen molar-refractivity contribution in [2.75, 3.05) is 7.11 Å². The number of carbonyl (C=O) groups is 2. The van der Waals surface area contributed by atoms with Crippen LogP contribution < -0.4 is 14.8 Å². The molecule has 7 heteroatoms. The zero-order valence-corrected chi connectivity index (χ0v) is 23.2. The van der Waals surface area contributed by atoms with Crippen LogP contribution in [-0.4, -0.2) is 24.1 Å². The molecule has 0 spiro atoms. The molecule has 3 rings (SSSR count). The predicted molar refractivity (Wildman–Crippen MR) is 150 cm³/mol. The van der Waals surface area contributed by atoms with Crippen LogP contribution in [0.5, 0.6) is 11.5 Å². The first-order valence-electron chi connectivity index (χ1n) is 13.0. The number of ether oxygens (including phenoxy) is 2. The third kappa shape index (κ3) is 8.61. The van der Waals surface area contributed by atoms with E-state index < -0.39 is 5.97 Å². The molecule has 39 heavy (non-hydrogen) atoms. The molecule has 0 aliphatic rings. The average molecular weight is 529 g/mol. The summed E-state index contributed by atoms with van der Waals surface area (Å²) in [5.74, 6) is 0.154. The summed E-state index contributed by atoms with van der Waals surface area (Å²) in [5, 5.41) is 21.7. The molecule has 3 aromatic carbocycles. The molecule has 0 radical (unpaired) electrons. The van der Waals surface area contributed by atoms with E-state index >= 15 is 0 Å². The van der Waals surface area contributed by atoms with E-state index in [-0.39, 0.29) is 31.4 Å². The number of amides is 1. The van der Waals surface area contributed by atoms with Gasteiger partial charge in [-0.15, -0.1) is 0 Å². The molecular formula is C32H36N2O5. The number of benzene rings is 3. The molecule has 0 aromatic heterocycles. The molecule has 3 aromatic rings. The second-order valence-corrected chi connectivity index (χ2v) is 10.3. The van der Waals surface area contributed by atoms with Crippen molar-refractivity contribution in [3.05, 3.63) is 93.5 Å². The van der Waals surface area contributed by atoms with E-state index in [0.717, 1.165) is 28.7 Å². The van der Waals surface area contributed by atoms with Gasteiger partial charge in [0, 0.05) is 18.1 Å². The maximum absolute atomic E-state index is 13.7. The van der Waals surface area contributed by atoms with E-state index in [1.54, 1.807) is 30.3 Å². The summed E-state index contributed by atoms with van der Waals surface area (Å²) in [6, 6.07) is 18.5. The van der Waals surface area contributed by atoms with E-state index in [4.69, 9.17) is 9.47 Å². The van der Waals surface area contributed by atoms with Crippen LogP contribution >= 0.6 is 0 Å². The Morgan fingerprint density at radius 1 is 1.00 bits per heavy atom. The van der Waals surface area contributed by atoms with Gasteiger partial charge in [0.25, 0.3) is 5.91 Å². The topological polar surface area (TPSA) is 109 Å². The summed E-state index contributed by atoms with van der Waals surface area (Å²) in [6.07, 6.45) is 0.918. The number of aryl methyl sites for hydroxylation is 3. The Labute approximate surface area is 230 Å². The first kappa shape index (κ1) is 29.2. The second kappa shape index (κ2) is 13.5. The standard InChI is InChI=1S/C32H36N2O5/c1-20(2)10-30(26-12-21(3)11-22(4)13-26)34-32(37)29-16-23(6-7-25(29)8-9-31(35)36)19-39-28-15-24(18-33)14-27(17-28)38-5/h6-7,11-17,20,30H,8-10,19H2,1-5H3,(H,34,37)(H,35,36). The summed E-state index contributed by atoms with van der Waals surface area (Å²) in [7, 11) is 1.52. The van der Waals surface area contributed by atoms with Crippen LogP contribution in [0.1, 0.15) is 76.5 Å². The quantitative estimate of drug-likeness (QED) is 0.286. The van der Waals surface area contributed by atoms with Gasteiger partial charge in [-0.2, -0.15) is 5.26 Å². The molecule has 0 fully saturated rings. The molecule has 0 saturated carbocycles. The largest absolute Gasteiger partial charge is 0.497 e. The fourth-order valence-electron chi connectivity index (χ4n) is 4.59. The van der Waals surface area contributed by atoms with Crippen molar-refractivity contribution >= 4 is 11.9 Å². The highest BCUT2D eigenvalue weighted by Gasteiger charge is 2.21. The number of carbonyl (C=O) groups excluding carboxylic acids is 1. The number of carboxylic acid groups (broad SMARTS) is 1. The Morgan fingerprint density at radius 2 is 1.69 bits per heavy atom. The first-order valence-corrected chi connectivity index (χ1v) is 13.0. The molecule has 2 N–H and O–H groups in total. The Morgan fingerprint density at radius 3 is 2.31 bits per heavy atom. The van der Waals surface area contributed by atoms with Gasteiger partial charge in [-0.05, 0) is 67.5 Å². The van der Waals surface area contributed by atoms with Crippen molar-refractivity contribution in [3.8, 4) is 17.6 Å². The fourth-order valence-corrected chi connectivity index (χ4v) is 4.59. The van der Waals surface area contributed by atoms with Gasteiger partial charge in [0.1, 0.15) is 18.1 Å². The summed E-state index contributed by atoms with van der Waals surface area (Å²) in [6.45, 7) is 8.48. The smallest absolute Gasteiger partial charge is 0.303 e. The van der Waals surface area contributed by atoms with Crippen LogP contribution in [0.4, 0.5) is 0 Å². The molecule has 0 aliphatic carbocycles. The molecule has 0 heterocycles. The Hall–Kier alpha value is -4.31. The van der Waals surface area contributed by atoms with E-state index in [0.29, 0.717) is 34.1 Å². The van der Waals surface area contributed by atoms with Gasteiger partial charge < -0.3 is 19.9 Å². The summed E-state index contributed by atoms with van der Waals surface area (Å²) in [4.78, 5) is 25.0. The first-order chi connectivity index (χ1) is 18.6. The van der Waals surface area contributed by atoms with Crippen LogP contribution in [0.25, 0.3) is 0 Å². The molecule has 0 bridgehead atoms. The molecule has 0 aliphatic heterocycles. The van der Waals surface area contributed by atoms with Crippen molar-refractivity contribution in [2.45, 2.75) is 59.6 Å². The average Bonchev–Trinajstić information content (AvgIpc) is 2.89. The van der Waals surface area contributed by atoms with Gasteiger partial charge in [-0.3, -0.25) is 9.59 Å². The number of carboxylic acids is 1. The molecule has 204 valence electrons. The Bertz CT molecular complexity index is 1350. The van der Waals surface area contributed by atoms with Crippen molar-refractivity contribution in [2.24, 2.45) is 5.92 Å². The van der Waals surface area contributed by atoms with E-state index in [9.17, 15) is 20.0 Å². The highest BCUT2D eigenvalue weighted by atomic mass is 16.5. The van der Waals surface area contributed by atoms with Gasteiger partial charge in [0.15, 0.2) is 0 Å². The van der Waals surface area contributed by atoms with Crippen LogP contribution in [0.15, 0.2) is 54.6 Å². The Kier molecular flexibility index (Phi) is 10.1. The number of methoxy groups -OCH3 is 1. The van der Waals surface area contributed by atoms with Crippen LogP contribution in [-0.2, 0) is 17.8 Å². The van der Waals surface area contributed by atoms with E-state index in [1.807, 2.05) is 19.9 Å². The fraction of sp³-hybridized carbons (Fsp3) is 0.344. The van der Waals surface area contributed by atoms with Gasteiger partial charge in [-0.25, -0.2) is 0 Å². The van der Waals surface area contributed by atoms with Crippen molar-refractivity contribution in [1.29, 1.82) is 5.26 Å². The number of hydrogen-bond acceptors (Lipinski definition) is 5. The Balaban J connectivity index is 1.90. The summed E-state index contributed by atoms with van der Waals surface area (Å²) in [5.41, 5.74) is 5.56. The maximum Gasteiger partial charge on any atom is 0.303 e. The van der Waals surface area contributed by atoms with Crippen molar-refractivity contribution in [3.63, 3.8) is 0 Å². The number of rotatable bonds is 12.